The van der Waals surface area contributed by atoms with Crippen molar-refractivity contribution in [2.75, 3.05) is 20.2 Å². The summed E-state index contributed by atoms with van der Waals surface area (Å²) in [5, 5.41) is 4.44. The number of rotatable bonds is 7. The Labute approximate surface area is 188 Å². The maximum absolute atomic E-state index is 13.1. The molecule has 6 nitrogen and oxygen atoms in total. The first-order chi connectivity index (χ1) is 15.6. The number of aromatic nitrogens is 2. The SMILES string of the molecule is COC(=O)/C=C/c1ccc([C@@H]2CCCN2CC(=O)c2cnn(-c3ccccc3)c2C)cc1. The van der Waals surface area contributed by atoms with Crippen LogP contribution in [0.3, 0.4) is 0 Å². The van der Waals surface area contributed by atoms with E-state index in [1.807, 2.05) is 54.1 Å². The molecule has 0 unspecified atom stereocenters. The van der Waals surface area contributed by atoms with E-state index in [1.165, 1.54) is 18.7 Å². The zero-order valence-electron chi connectivity index (χ0n) is 18.4. The second-order valence-corrected chi connectivity index (χ2v) is 7.97. The van der Waals surface area contributed by atoms with Crippen LogP contribution in [0.5, 0.6) is 0 Å². The molecule has 0 radical (unpaired) electrons. The van der Waals surface area contributed by atoms with Gasteiger partial charge in [-0.15, -0.1) is 0 Å². The van der Waals surface area contributed by atoms with Crippen molar-refractivity contribution in [1.29, 1.82) is 0 Å². The maximum atomic E-state index is 13.1. The zero-order chi connectivity index (χ0) is 22.5. The summed E-state index contributed by atoms with van der Waals surface area (Å²) >= 11 is 0. The molecule has 1 fully saturated rings. The lowest BCUT2D eigenvalue weighted by Crippen LogP contribution is -2.29. The van der Waals surface area contributed by atoms with E-state index in [4.69, 9.17) is 0 Å². The van der Waals surface area contributed by atoms with Gasteiger partial charge >= 0.3 is 5.97 Å². The summed E-state index contributed by atoms with van der Waals surface area (Å²) < 4.78 is 6.44. The van der Waals surface area contributed by atoms with Crippen LogP contribution in [0.15, 0.2) is 66.9 Å². The summed E-state index contributed by atoms with van der Waals surface area (Å²) in [4.78, 5) is 26.7. The number of hydrogen-bond donors (Lipinski definition) is 0. The molecule has 0 saturated carbocycles. The van der Waals surface area contributed by atoms with Crippen LogP contribution in [0.4, 0.5) is 0 Å². The summed E-state index contributed by atoms with van der Waals surface area (Å²) in [6, 6.07) is 18.2. The second-order valence-electron chi connectivity index (χ2n) is 7.97. The molecule has 0 bridgehead atoms. The number of esters is 1. The summed E-state index contributed by atoms with van der Waals surface area (Å²) in [6.07, 6.45) is 6.90. The molecule has 1 aromatic heterocycles. The van der Waals surface area contributed by atoms with Crippen molar-refractivity contribution < 1.29 is 14.3 Å². The number of ketones is 1. The molecule has 1 atom stereocenters. The standard InChI is InChI=1S/C26H27N3O3/c1-19-23(17-27-29(19)22-7-4-3-5-8-22)25(30)18-28-16-6-9-24(28)21-13-10-20(11-14-21)12-15-26(31)32-2/h3-5,7-8,10-15,17,24H,6,9,16,18H2,1-2H3/b15-12+/t24-/m0/s1. The van der Waals surface area contributed by atoms with E-state index in [1.54, 1.807) is 12.3 Å². The molecule has 0 aliphatic carbocycles. The van der Waals surface area contributed by atoms with E-state index in [-0.39, 0.29) is 17.8 Å². The number of carbonyl (C=O) groups is 2. The topological polar surface area (TPSA) is 64.4 Å². The molecule has 0 amide bonds. The summed E-state index contributed by atoms with van der Waals surface area (Å²) in [5.74, 6) is -0.283. The molecule has 0 N–H and O–H groups in total. The van der Waals surface area contributed by atoms with Crippen molar-refractivity contribution in [3.63, 3.8) is 0 Å². The van der Waals surface area contributed by atoms with Crippen molar-refractivity contribution in [2.45, 2.75) is 25.8 Å². The van der Waals surface area contributed by atoms with Gasteiger partial charge in [-0.1, -0.05) is 42.5 Å². The van der Waals surface area contributed by atoms with E-state index in [2.05, 4.69) is 26.9 Å². The van der Waals surface area contributed by atoms with Gasteiger partial charge in [0.1, 0.15) is 0 Å². The lowest BCUT2D eigenvalue weighted by atomic mass is 10.0. The number of likely N-dealkylation sites (tertiary alicyclic amines) is 1. The first-order valence-electron chi connectivity index (χ1n) is 10.8. The van der Waals surface area contributed by atoms with Gasteiger partial charge in [0.15, 0.2) is 5.78 Å². The average molecular weight is 430 g/mol. The Morgan fingerprint density at radius 3 is 2.59 bits per heavy atom. The summed E-state index contributed by atoms with van der Waals surface area (Å²) in [5.41, 5.74) is 4.59. The Kier molecular flexibility index (Phi) is 6.61. The van der Waals surface area contributed by atoms with Crippen molar-refractivity contribution in [3.05, 3.63) is 89.3 Å². The number of methoxy groups -OCH3 is 1. The third kappa shape index (κ3) is 4.70. The van der Waals surface area contributed by atoms with Crippen LogP contribution in [0, 0.1) is 6.92 Å². The first kappa shape index (κ1) is 21.7. The quantitative estimate of drug-likeness (QED) is 0.317. The first-order valence-corrected chi connectivity index (χ1v) is 10.8. The molecule has 1 aliphatic heterocycles. The van der Waals surface area contributed by atoms with Crippen molar-refractivity contribution in [3.8, 4) is 5.69 Å². The lowest BCUT2D eigenvalue weighted by molar-refractivity contribution is -0.134. The highest BCUT2D eigenvalue weighted by molar-refractivity contribution is 5.98. The van der Waals surface area contributed by atoms with Gasteiger partial charge in [0.2, 0.25) is 0 Å². The number of ether oxygens (including phenoxy) is 1. The third-order valence-corrected chi connectivity index (χ3v) is 5.96. The van der Waals surface area contributed by atoms with Crippen LogP contribution < -0.4 is 0 Å². The van der Waals surface area contributed by atoms with E-state index in [0.717, 1.165) is 36.3 Å². The largest absolute Gasteiger partial charge is 0.466 e. The number of benzene rings is 2. The average Bonchev–Trinajstić information content (AvgIpc) is 3.44. The fourth-order valence-corrected chi connectivity index (χ4v) is 4.24. The number of hydrogen-bond acceptors (Lipinski definition) is 5. The minimum absolute atomic E-state index is 0.0919. The third-order valence-electron chi connectivity index (χ3n) is 5.96. The lowest BCUT2D eigenvalue weighted by Gasteiger charge is -2.24. The van der Waals surface area contributed by atoms with Crippen molar-refractivity contribution >= 4 is 17.8 Å². The molecule has 2 aromatic carbocycles. The molecule has 32 heavy (non-hydrogen) atoms. The zero-order valence-corrected chi connectivity index (χ0v) is 18.4. The molecule has 6 heteroatoms. The Morgan fingerprint density at radius 2 is 1.88 bits per heavy atom. The van der Waals surface area contributed by atoms with Gasteiger partial charge in [-0.05, 0) is 55.6 Å². The summed E-state index contributed by atoms with van der Waals surface area (Å²) in [7, 11) is 1.36. The highest BCUT2D eigenvalue weighted by Crippen LogP contribution is 2.32. The van der Waals surface area contributed by atoms with Gasteiger partial charge in [-0.2, -0.15) is 5.10 Å². The van der Waals surface area contributed by atoms with E-state index in [9.17, 15) is 9.59 Å². The van der Waals surface area contributed by atoms with Gasteiger partial charge in [-0.25, -0.2) is 9.48 Å². The molecule has 0 spiro atoms. The molecule has 3 aromatic rings. The highest BCUT2D eigenvalue weighted by atomic mass is 16.5. The number of Topliss-reactive ketones (excluding diaryl/α,β-unsaturated/α-hetero) is 1. The van der Waals surface area contributed by atoms with Crippen LogP contribution in [-0.2, 0) is 9.53 Å². The van der Waals surface area contributed by atoms with Crippen LogP contribution in [0.25, 0.3) is 11.8 Å². The number of nitrogens with zero attached hydrogens (tertiary/aromatic N) is 3. The van der Waals surface area contributed by atoms with Gasteiger partial charge < -0.3 is 4.74 Å². The fraction of sp³-hybridized carbons (Fsp3) is 0.269. The predicted molar refractivity (Wildman–Crippen MR) is 124 cm³/mol. The minimum Gasteiger partial charge on any atom is -0.466 e. The Morgan fingerprint density at radius 1 is 1.12 bits per heavy atom. The van der Waals surface area contributed by atoms with E-state index < -0.39 is 0 Å². The van der Waals surface area contributed by atoms with E-state index >= 15 is 0 Å². The Bertz CT molecular complexity index is 1120. The Balaban J connectivity index is 1.45. The monoisotopic (exact) mass is 429 g/mol. The van der Waals surface area contributed by atoms with Gasteiger partial charge in [0.25, 0.3) is 0 Å². The van der Waals surface area contributed by atoms with Crippen molar-refractivity contribution in [1.82, 2.24) is 14.7 Å². The number of para-hydroxylation sites is 1. The molecular formula is C26H27N3O3. The van der Waals surface area contributed by atoms with Crippen LogP contribution in [-0.4, -0.2) is 46.6 Å². The van der Waals surface area contributed by atoms with E-state index in [0.29, 0.717) is 12.1 Å². The molecule has 1 saturated heterocycles. The van der Waals surface area contributed by atoms with Gasteiger partial charge in [0, 0.05) is 12.1 Å². The van der Waals surface area contributed by atoms with Gasteiger partial charge in [-0.3, -0.25) is 9.69 Å². The normalized spacial score (nSPS) is 16.5. The van der Waals surface area contributed by atoms with Crippen LogP contribution >= 0.6 is 0 Å². The van der Waals surface area contributed by atoms with Crippen molar-refractivity contribution in [2.24, 2.45) is 0 Å². The fourth-order valence-electron chi connectivity index (χ4n) is 4.24. The second kappa shape index (κ2) is 9.75. The molecular weight excluding hydrogens is 402 g/mol. The maximum Gasteiger partial charge on any atom is 0.330 e. The van der Waals surface area contributed by atoms with Gasteiger partial charge in [0.05, 0.1) is 36.8 Å². The summed E-state index contributed by atoms with van der Waals surface area (Å²) in [6.45, 7) is 3.21. The highest BCUT2D eigenvalue weighted by Gasteiger charge is 2.28. The smallest absolute Gasteiger partial charge is 0.330 e. The Hall–Kier alpha value is -3.51. The van der Waals surface area contributed by atoms with Crippen LogP contribution in [0.1, 0.15) is 46.1 Å². The molecule has 2 heterocycles. The molecule has 164 valence electrons. The van der Waals surface area contributed by atoms with Crippen LogP contribution in [0.2, 0.25) is 0 Å². The molecule has 4 rings (SSSR count). The predicted octanol–water partition coefficient (Wildman–Crippen LogP) is 4.39. The number of carbonyl (C=O) groups excluding carboxylic acids is 2. The molecule has 1 aliphatic rings. The minimum atomic E-state index is -0.375.